The molecule has 1 atom stereocenters. The van der Waals surface area contributed by atoms with Crippen molar-refractivity contribution in [1.82, 2.24) is 0 Å². The summed E-state index contributed by atoms with van der Waals surface area (Å²) in [6.07, 6.45) is 0. The van der Waals surface area contributed by atoms with Gasteiger partial charge in [-0.1, -0.05) is 18.2 Å². The number of carboxylic acids is 1. The van der Waals surface area contributed by atoms with Crippen molar-refractivity contribution < 1.29 is 22.9 Å². The van der Waals surface area contributed by atoms with Gasteiger partial charge in [-0.15, -0.1) is 0 Å². The van der Waals surface area contributed by atoms with Crippen LogP contribution >= 0.6 is 0 Å². The van der Waals surface area contributed by atoms with E-state index < -0.39 is 22.6 Å². The van der Waals surface area contributed by atoms with Crippen LogP contribution in [0.3, 0.4) is 0 Å². The van der Waals surface area contributed by atoms with Crippen molar-refractivity contribution in [3.05, 3.63) is 53.5 Å². The van der Waals surface area contributed by atoms with E-state index in [2.05, 4.69) is 0 Å². The van der Waals surface area contributed by atoms with Crippen molar-refractivity contribution in [1.29, 1.82) is 0 Å². The highest BCUT2D eigenvalue weighted by Gasteiger charge is 2.15. The molecule has 0 saturated carbocycles. The van der Waals surface area contributed by atoms with Gasteiger partial charge in [-0.25, -0.2) is 9.18 Å². The average molecular weight is 268 g/mol. The second kappa shape index (κ2) is 5.14. The summed E-state index contributed by atoms with van der Waals surface area (Å²) >= 11 is 0. The van der Waals surface area contributed by atoms with Crippen LogP contribution in [0.25, 0.3) is 0 Å². The van der Waals surface area contributed by atoms with Crippen LogP contribution in [-0.2, 0) is 16.6 Å². The Hall–Kier alpha value is -1.95. The first-order valence-electron chi connectivity index (χ1n) is 5.03. The third-order valence-corrected chi connectivity index (χ3v) is 3.50. The molecule has 4 nitrogen and oxygen atoms in total. The summed E-state index contributed by atoms with van der Waals surface area (Å²) in [5, 5.41) is 8.68. The second-order valence-corrected chi connectivity index (χ2v) is 4.89. The Kier molecular flexibility index (Phi) is 3.57. The summed E-state index contributed by atoms with van der Waals surface area (Å²) in [5.41, 5.74) is 0.295. The van der Waals surface area contributed by atoms with Crippen molar-refractivity contribution in [2.75, 3.05) is 0 Å². The molecular weight excluding hydrogens is 259 g/mol. The summed E-state index contributed by atoms with van der Waals surface area (Å²) in [4.78, 5) is 10.6. The van der Waals surface area contributed by atoms with Crippen LogP contribution in [-0.4, -0.2) is 15.3 Å². The fourth-order valence-electron chi connectivity index (χ4n) is 1.39. The molecule has 1 aromatic carbocycles. The smallest absolute Gasteiger partial charge is 0.371 e. The van der Waals surface area contributed by atoms with Crippen LogP contribution in [0.1, 0.15) is 16.1 Å². The monoisotopic (exact) mass is 268 g/mol. The van der Waals surface area contributed by atoms with Crippen LogP contribution in [0.5, 0.6) is 0 Å². The van der Waals surface area contributed by atoms with Gasteiger partial charge in [0.15, 0.2) is 5.09 Å². The van der Waals surface area contributed by atoms with Crippen LogP contribution in [0, 0.1) is 5.82 Å². The van der Waals surface area contributed by atoms with Gasteiger partial charge in [-0.2, -0.15) is 0 Å². The summed E-state index contributed by atoms with van der Waals surface area (Å²) in [6, 6.07) is 8.51. The number of benzene rings is 1. The number of halogens is 1. The van der Waals surface area contributed by atoms with Gasteiger partial charge in [0.2, 0.25) is 5.76 Å². The molecule has 0 fully saturated rings. The lowest BCUT2D eigenvalue weighted by molar-refractivity contribution is 0.0656. The average Bonchev–Trinajstić information content (AvgIpc) is 2.81. The van der Waals surface area contributed by atoms with Gasteiger partial charge in [0, 0.05) is 5.56 Å². The SMILES string of the molecule is O=C(O)c1ccc(S(=O)Cc2ccccc2F)o1. The molecule has 0 bridgehead atoms. The molecule has 6 heteroatoms. The first-order chi connectivity index (χ1) is 8.58. The molecule has 0 amide bonds. The molecule has 2 aromatic rings. The molecule has 94 valence electrons. The molecule has 1 aromatic heterocycles. The molecular formula is C12H9FO4S. The Morgan fingerprint density at radius 1 is 1.28 bits per heavy atom. The van der Waals surface area contributed by atoms with Gasteiger partial charge in [-0.3, -0.25) is 4.21 Å². The minimum Gasteiger partial charge on any atom is -0.475 e. The molecule has 0 spiro atoms. The van der Waals surface area contributed by atoms with Gasteiger partial charge in [0.25, 0.3) is 0 Å². The van der Waals surface area contributed by atoms with Crippen molar-refractivity contribution in [3.8, 4) is 0 Å². The van der Waals surface area contributed by atoms with Gasteiger partial charge >= 0.3 is 5.97 Å². The van der Waals surface area contributed by atoms with E-state index in [1.54, 1.807) is 6.07 Å². The summed E-state index contributed by atoms with van der Waals surface area (Å²) < 4.78 is 30.1. The Morgan fingerprint density at radius 3 is 2.61 bits per heavy atom. The predicted molar refractivity (Wildman–Crippen MR) is 62.2 cm³/mol. The van der Waals surface area contributed by atoms with Crippen molar-refractivity contribution in [2.24, 2.45) is 0 Å². The standard InChI is InChI=1S/C12H9FO4S/c13-9-4-2-1-3-8(9)7-18(16)11-6-5-10(17-11)12(14)15/h1-6H,7H2,(H,14,15). The maximum Gasteiger partial charge on any atom is 0.371 e. The van der Waals surface area contributed by atoms with E-state index in [-0.39, 0.29) is 16.6 Å². The van der Waals surface area contributed by atoms with Gasteiger partial charge in [0.1, 0.15) is 5.82 Å². The molecule has 0 aliphatic rings. The number of carboxylic acid groups (broad SMARTS) is 1. The van der Waals surface area contributed by atoms with E-state index in [1.165, 1.54) is 30.3 Å². The lowest BCUT2D eigenvalue weighted by Gasteiger charge is -2.01. The normalized spacial score (nSPS) is 12.3. The highest BCUT2D eigenvalue weighted by Crippen LogP contribution is 2.17. The second-order valence-electron chi connectivity index (χ2n) is 3.51. The van der Waals surface area contributed by atoms with Crippen molar-refractivity contribution >= 4 is 16.8 Å². The molecule has 0 saturated heterocycles. The van der Waals surface area contributed by atoms with Crippen LogP contribution in [0.15, 0.2) is 45.9 Å². The predicted octanol–water partition coefficient (Wildman–Crippen LogP) is 2.42. The number of aromatic carboxylic acids is 1. The van der Waals surface area contributed by atoms with E-state index in [0.29, 0.717) is 5.56 Å². The van der Waals surface area contributed by atoms with E-state index in [9.17, 15) is 13.4 Å². The zero-order valence-corrected chi connectivity index (χ0v) is 9.95. The largest absolute Gasteiger partial charge is 0.475 e. The van der Waals surface area contributed by atoms with Gasteiger partial charge in [-0.05, 0) is 18.2 Å². The third kappa shape index (κ3) is 2.65. The molecule has 0 radical (unpaired) electrons. The third-order valence-electron chi connectivity index (χ3n) is 2.26. The Balaban J connectivity index is 2.17. The van der Waals surface area contributed by atoms with E-state index in [0.717, 1.165) is 0 Å². The lowest BCUT2D eigenvalue weighted by Crippen LogP contribution is -1.98. The maximum atomic E-state index is 13.3. The molecule has 2 rings (SSSR count). The number of rotatable bonds is 4. The minimum absolute atomic E-state index is 0.0238. The first-order valence-corrected chi connectivity index (χ1v) is 6.34. The fraction of sp³-hybridized carbons (Fsp3) is 0.0833. The Bertz CT molecular complexity index is 606. The molecule has 0 aliphatic carbocycles. The highest BCUT2D eigenvalue weighted by molar-refractivity contribution is 7.84. The van der Waals surface area contributed by atoms with Gasteiger partial charge < -0.3 is 9.52 Å². The number of hydrogen-bond donors (Lipinski definition) is 1. The van der Waals surface area contributed by atoms with E-state index in [4.69, 9.17) is 9.52 Å². The maximum absolute atomic E-state index is 13.3. The molecule has 1 unspecified atom stereocenters. The van der Waals surface area contributed by atoms with Crippen LogP contribution < -0.4 is 0 Å². The fourth-order valence-corrected chi connectivity index (χ4v) is 2.45. The summed E-state index contributed by atoms with van der Waals surface area (Å²) in [5.74, 6) is -2.02. The van der Waals surface area contributed by atoms with Crippen LogP contribution in [0.4, 0.5) is 4.39 Å². The number of hydrogen-bond acceptors (Lipinski definition) is 3. The zero-order valence-electron chi connectivity index (χ0n) is 9.13. The van der Waals surface area contributed by atoms with Crippen LogP contribution in [0.2, 0.25) is 0 Å². The highest BCUT2D eigenvalue weighted by atomic mass is 32.2. The number of carbonyl (C=O) groups is 1. The van der Waals surface area contributed by atoms with Gasteiger partial charge in [0.05, 0.1) is 16.6 Å². The molecule has 0 aliphatic heterocycles. The Labute approximate surface area is 105 Å². The molecule has 18 heavy (non-hydrogen) atoms. The topological polar surface area (TPSA) is 67.5 Å². The van der Waals surface area contributed by atoms with Crippen molar-refractivity contribution in [3.63, 3.8) is 0 Å². The molecule has 1 N–H and O–H groups in total. The lowest BCUT2D eigenvalue weighted by atomic mass is 10.2. The first kappa shape index (κ1) is 12.5. The zero-order chi connectivity index (χ0) is 13.1. The van der Waals surface area contributed by atoms with E-state index in [1.807, 2.05) is 0 Å². The molecule has 1 heterocycles. The van der Waals surface area contributed by atoms with Crippen molar-refractivity contribution in [2.45, 2.75) is 10.8 Å². The quantitative estimate of drug-likeness (QED) is 0.924. The summed E-state index contributed by atoms with van der Waals surface area (Å²) in [7, 11) is -1.61. The minimum atomic E-state index is -1.61. The summed E-state index contributed by atoms with van der Waals surface area (Å²) in [6.45, 7) is 0. The van der Waals surface area contributed by atoms with E-state index >= 15 is 0 Å². The Morgan fingerprint density at radius 2 is 2.00 bits per heavy atom. The number of furan rings is 1.